The fourth-order valence-corrected chi connectivity index (χ4v) is 6.49. The van der Waals surface area contributed by atoms with E-state index in [1.54, 1.807) is 0 Å². The molecule has 0 radical (unpaired) electrons. The van der Waals surface area contributed by atoms with E-state index in [1.807, 2.05) is 24.3 Å². The summed E-state index contributed by atoms with van der Waals surface area (Å²) in [7, 11) is 0. The Morgan fingerprint density at radius 1 is 0.261 bits per heavy atom. The molecule has 5 aromatic carbocycles. The average Bonchev–Trinajstić information content (AvgIpc) is 3.14. The Balaban J connectivity index is 1.13. The zero-order valence-electron chi connectivity index (χ0n) is 24.8. The highest BCUT2D eigenvalue weighted by Crippen LogP contribution is 2.35. The third-order valence-electron chi connectivity index (χ3n) is 8.65. The summed E-state index contributed by atoms with van der Waals surface area (Å²) in [5, 5.41) is 6.83. The number of hydrogen-bond acceptors (Lipinski definition) is 4. The van der Waals surface area contributed by atoms with E-state index in [9.17, 15) is 0 Å². The molecule has 46 heavy (non-hydrogen) atoms. The maximum atomic E-state index is 5.14. The fraction of sp³-hybridized carbons (Fsp3) is 0. The summed E-state index contributed by atoms with van der Waals surface area (Å²) in [6.45, 7) is 0. The highest BCUT2D eigenvalue weighted by atomic mass is 14.8. The zero-order chi connectivity index (χ0) is 30.5. The molecule has 0 fully saturated rings. The maximum absolute atomic E-state index is 5.14. The summed E-state index contributed by atoms with van der Waals surface area (Å²) in [6.07, 6.45) is 0. The fourth-order valence-electron chi connectivity index (χ4n) is 6.49. The van der Waals surface area contributed by atoms with Crippen molar-refractivity contribution in [2.45, 2.75) is 0 Å². The standard InChI is InChI=1S/C42H26N4/c1-3-18-33-29(14-1)31-16-5-7-20-37(31)45-41(33)39-24-10-22-35(43-39)27-12-9-13-28(26-27)36-23-11-25-40(44-36)42-34-19-4-2-15-30(34)32-17-6-8-21-38(32)46-42/h1-26H. The molecule has 4 heterocycles. The minimum absolute atomic E-state index is 0.847. The molecule has 214 valence electrons. The minimum Gasteiger partial charge on any atom is -0.246 e. The second kappa shape index (κ2) is 10.7. The third kappa shape index (κ3) is 4.39. The van der Waals surface area contributed by atoms with E-state index < -0.39 is 0 Å². The van der Waals surface area contributed by atoms with Gasteiger partial charge >= 0.3 is 0 Å². The SMILES string of the molecule is c1cc(-c2cccc(-c3nc4ccccc4c4ccccc34)n2)cc(-c2cccc(-c3nc4ccccc4c4ccccc34)n2)c1. The molecule has 0 N–H and O–H groups in total. The first-order valence-electron chi connectivity index (χ1n) is 15.4. The highest BCUT2D eigenvalue weighted by molar-refractivity contribution is 6.11. The first kappa shape index (κ1) is 26.2. The molecule has 9 rings (SSSR count). The number of para-hydroxylation sites is 2. The van der Waals surface area contributed by atoms with Crippen molar-refractivity contribution >= 4 is 43.4 Å². The second-order valence-electron chi connectivity index (χ2n) is 11.4. The second-order valence-corrected chi connectivity index (χ2v) is 11.4. The molecule has 0 saturated carbocycles. The maximum Gasteiger partial charge on any atom is 0.0972 e. The Hall–Kier alpha value is -6.26. The van der Waals surface area contributed by atoms with Crippen molar-refractivity contribution in [1.29, 1.82) is 0 Å². The molecule has 0 unspecified atom stereocenters. The summed E-state index contributed by atoms with van der Waals surface area (Å²) in [5.74, 6) is 0. The molecule has 0 aliphatic carbocycles. The Kier molecular flexibility index (Phi) is 6.10. The van der Waals surface area contributed by atoms with Gasteiger partial charge < -0.3 is 0 Å². The van der Waals surface area contributed by atoms with Gasteiger partial charge in [-0.1, -0.05) is 115 Å². The van der Waals surface area contributed by atoms with Crippen LogP contribution in [0.15, 0.2) is 158 Å². The molecule has 0 atom stereocenters. The number of nitrogens with zero attached hydrogens (tertiary/aromatic N) is 4. The van der Waals surface area contributed by atoms with Crippen molar-refractivity contribution in [2.75, 3.05) is 0 Å². The van der Waals surface area contributed by atoms with Crippen LogP contribution in [0.3, 0.4) is 0 Å². The van der Waals surface area contributed by atoms with Gasteiger partial charge in [-0.25, -0.2) is 19.9 Å². The summed E-state index contributed by atoms with van der Waals surface area (Å²) in [4.78, 5) is 20.4. The lowest BCUT2D eigenvalue weighted by Crippen LogP contribution is -1.94. The van der Waals surface area contributed by atoms with Crippen LogP contribution in [0.25, 0.3) is 88.6 Å². The van der Waals surface area contributed by atoms with Gasteiger partial charge in [-0.15, -0.1) is 0 Å². The Labute approximate surface area is 265 Å². The monoisotopic (exact) mass is 586 g/mol. The van der Waals surface area contributed by atoms with Crippen molar-refractivity contribution in [3.05, 3.63) is 158 Å². The van der Waals surface area contributed by atoms with Crippen LogP contribution < -0.4 is 0 Å². The lowest BCUT2D eigenvalue weighted by Gasteiger charge is -2.12. The molecule has 4 heteroatoms. The topological polar surface area (TPSA) is 51.6 Å². The number of fused-ring (bicyclic) bond motifs is 6. The van der Waals surface area contributed by atoms with Gasteiger partial charge in [-0.05, 0) is 53.2 Å². The molecule has 0 spiro atoms. The molecule has 0 amide bonds. The van der Waals surface area contributed by atoms with E-state index in [4.69, 9.17) is 19.9 Å². The lowest BCUT2D eigenvalue weighted by molar-refractivity contribution is 1.28. The van der Waals surface area contributed by atoms with Crippen LogP contribution >= 0.6 is 0 Å². The highest BCUT2D eigenvalue weighted by Gasteiger charge is 2.14. The lowest BCUT2D eigenvalue weighted by atomic mass is 10.0. The first-order chi connectivity index (χ1) is 22.8. The van der Waals surface area contributed by atoms with E-state index in [0.717, 1.165) is 77.9 Å². The summed E-state index contributed by atoms with van der Waals surface area (Å²) in [5.41, 5.74) is 9.20. The van der Waals surface area contributed by atoms with Gasteiger partial charge in [0.1, 0.15) is 0 Å². The number of benzene rings is 5. The van der Waals surface area contributed by atoms with Gasteiger partial charge in [-0.2, -0.15) is 0 Å². The number of rotatable bonds is 4. The summed E-state index contributed by atoms with van der Waals surface area (Å²) < 4.78 is 0. The summed E-state index contributed by atoms with van der Waals surface area (Å²) in [6, 6.07) is 54.2. The smallest absolute Gasteiger partial charge is 0.0972 e. The molecule has 0 bridgehead atoms. The van der Waals surface area contributed by atoms with Gasteiger partial charge in [0, 0.05) is 32.7 Å². The molecule has 9 aromatic rings. The van der Waals surface area contributed by atoms with Crippen LogP contribution in [0.4, 0.5) is 0 Å². The third-order valence-corrected chi connectivity index (χ3v) is 8.65. The molecule has 0 aliphatic rings. The Morgan fingerprint density at radius 3 is 1.11 bits per heavy atom. The summed E-state index contributed by atoms with van der Waals surface area (Å²) >= 11 is 0. The van der Waals surface area contributed by atoms with Crippen molar-refractivity contribution < 1.29 is 0 Å². The van der Waals surface area contributed by atoms with E-state index in [0.29, 0.717) is 0 Å². The first-order valence-corrected chi connectivity index (χ1v) is 15.4. The molecular formula is C42H26N4. The van der Waals surface area contributed by atoms with Crippen molar-refractivity contribution in [1.82, 2.24) is 19.9 Å². The molecule has 4 nitrogen and oxygen atoms in total. The zero-order valence-corrected chi connectivity index (χ0v) is 24.8. The van der Waals surface area contributed by atoms with Crippen LogP contribution in [0, 0.1) is 0 Å². The Bertz CT molecular complexity index is 2430. The van der Waals surface area contributed by atoms with Crippen LogP contribution in [0.1, 0.15) is 0 Å². The van der Waals surface area contributed by atoms with Crippen LogP contribution in [0.2, 0.25) is 0 Å². The van der Waals surface area contributed by atoms with Gasteiger partial charge in [0.2, 0.25) is 0 Å². The normalized spacial score (nSPS) is 11.5. The Morgan fingerprint density at radius 2 is 0.630 bits per heavy atom. The predicted octanol–water partition coefficient (Wildman–Crippen LogP) is 10.5. The van der Waals surface area contributed by atoms with Crippen LogP contribution in [0.5, 0.6) is 0 Å². The van der Waals surface area contributed by atoms with Crippen molar-refractivity contribution in [3.63, 3.8) is 0 Å². The van der Waals surface area contributed by atoms with Crippen LogP contribution in [-0.4, -0.2) is 19.9 Å². The predicted molar refractivity (Wildman–Crippen MR) is 189 cm³/mol. The quantitative estimate of drug-likeness (QED) is 0.193. The van der Waals surface area contributed by atoms with E-state index in [1.165, 1.54) is 10.8 Å². The van der Waals surface area contributed by atoms with Crippen molar-refractivity contribution in [2.24, 2.45) is 0 Å². The molecule has 0 saturated heterocycles. The van der Waals surface area contributed by atoms with E-state index in [-0.39, 0.29) is 0 Å². The largest absolute Gasteiger partial charge is 0.246 e. The van der Waals surface area contributed by atoms with Gasteiger partial charge in [0.05, 0.1) is 45.2 Å². The number of pyridine rings is 4. The van der Waals surface area contributed by atoms with E-state index >= 15 is 0 Å². The minimum atomic E-state index is 0.847. The van der Waals surface area contributed by atoms with E-state index in [2.05, 4.69) is 133 Å². The van der Waals surface area contributed by atoms with Crippen LogP contribution in [-0.2, 0) is 0 Å². The number of aromatic nitrogens is 4. The average molecular weight is 587 g/mol. The molecule has 4 aromatic heterocycles. The van der Waals surface area contributed by atoms with Gasteiger partial charge in [0.25, 0.3) is 0 Å². The van der Waals surface area contributed by atoms with Crippen molar-refractivity contribution in [3.8, 4) is 45.3 Å². The molecular weight excluding hydrogens is 560 g/mol. The van der Waals surface area contributed by atoms with Gasteiger partial charge in [0.15, 0.2) is 0 Å². The number of hydrogen-bond donors (Lipinski definition) is 0. The van der Waals surface area contributed by atoms with Gasteiger partial charge in [-0.3, -0.25) is 0 Å². The molecule has 0 aliphatic heterocycles.